The van der Waals surface area contributed by atoms with Gasteiger partial charge in [-0.15, -0.1) is 0 Å². The van der Waals surface area contributed by atoms with Crippen LogP contribution in [0, 0.1) is 6.92 Å². The van der Waals surface area contributed by atoms with Gasteiger partial charge in [0.2, 0.25) is 0 Å². The SMILES string of the molecule is Cc1occc1C(=O)NCc1ccncc1. The highest BCUT2D eigenvalue weighted by Crippen LogP contribution is 2.08. The Balaban J connectivity index is 1.97. The predicted molar refractivity (Wildman–Crippen MR) is 58.9 cm³/mol. The summed E-state index contributed by atoms with van der Waals surface area (Å²) in [6, 6.07) is 5.39. The van der Waals surface area contributed by atoms with Gasteiger partial charge in [-0.1, -0.05) is 0 Å². The first-order valence-electron chi connectivity index (χ1n) is 4.98. The molecule has 0 unspecified atom stereocenters. The molecule has 2 rings (SSSR count). The van der Waals surface area contributed by atoms with E-state index in [0.717, 1.165) is 5.56 Å². The molecule has 82 valence electrons. The fourth-order valence-corrected chi connectivity index (χ4v) is 1.40. The van der Waals surface area contributed by atoms with Crippen LogP contribution in [0.15, 0.2) is 41.3 Å². The van der Waals surface area contributed by atoms with E-state index < -0.39 is 0 Å². The number of hydrogen-bond donors (Lipinski definition) is 1. The van der Waals surface area contributed by atoms with Crippen molar-refractivity contribution in [3.8, 4) is 0 Å². The number of aromatic nitrogens is 1. The molecule has 16 heavy (non-hydrogen) atoms. The van der Waals surface area contributed by atoms with E-state index in [4.69, 9.17) is 4.42 Å². The zero-order valence-corrected chi connectivity index (χ0v) is 8.93. The van der Waals surface area contributed by atoms with Gasteiger partial charge in [-0.25, -0.2) is 0 Å². The van der Waals surface area contributed by atoms with Gasteiger partial charge >= 0.3 is 0 Å². The maximum atomic E-state index is 11.7. The number of hydrogen-bond acceptors (Lipinski definition) is 3. The Kier molecular flexibility index (Phi) is 3.00. The van der Waals surface area contributed by atoms with Crippen molar-refractivity contribution in [2.75, 3.05) is 0 Å². The average Bonchev–Trinajstić information content (AvgIpc) is 2.74. The van der Waals surface area contributed by atoms with Crippen molar-refractivity contribution < 1.29 is 9.21 Å². The quantitative estimate of drug-likeness (QED) is 0.852. The van der Waals surface area contributed by atoms with Gasteiger partial charge < -0.3 is 9.73 Å². The Morgan fingerprint density at radius 3 is 2.75 bits per heavy atom. The van der Waals surface area contributed by atoms with Crippen LogP contribution in [0.3, 0.4) is 0 Å². The third-order valence-corrected chi connectivity index (χ3v) is 2.31. The second kappa shape index (κ2) is 4.61. The highest BCUT2D eigenvalue weighted by Gasteiger charge is 2.10. The number of rotatable bonds is 3. The summed E-state index contributed by atoms with van der Waals surface area (Å²) in [4.78, 5) is 15.6. The first-order valence-corrected chi connectivity index (χ1v) is 4.98. The van der Waals surface area contributed by atoms with Gasteiger partial charge in [0.25, 0.3) is 5.91 Å². The highest BCUT2D eigenvalue weighted by atomic mass is 16.3. The van der Waals surface area contributed by atoms with Crippen molar-refractivity contribution in [1.29, 1.82) is 0 Å². The van der Waals surface area contributed by atoms with Gasteiger partial charge in [-0.3, -0.25) is 9.78 Å². The van der Waals surface area contributed by atoms with Crippen molar-refractivity contribution in [3.05, 3.63) is 53.7 Å². The van der Waals surface area contributed by atoms with E-state index in [1.54, 1.807) is 25.4 Å². The largest absolute Gasteiger partial charge is 0.469 e. The molecule has 4 heteroatoms. The molecular formula is C12H12N2O2. The van der Waals surface area contributed by atoms with Gasteiger partial charge in [-0.05, 0) is 30.7 Å². The number of aryl methyl sites for hydroxylation is 1. The zero-order valence-electron chi connectivity index (χ0n) is 8.93. The molecule has 4 nitrogen and oxygen atoms in total. The van der Waals surface area contributed by atoms with E-state index in [1.165, 1.54) is 6.26 Å². The molecule has 0 aliphatic rings. The fraction of sp³-hybridized carbons (Fsp3) is 0.167. The third-order valence-electron chi connectivity index (χ3n) is 2.31. The fourth-order valence-electron chi connectivity index (χ4n) is 1.40. The van der Waals surface area contributed by atoms with Crippen molar-refractivity contribution in [2.45, 2.75) is 13.5 Å². The Morgan fingerprint density at radius 2 is 2.12 bits per heavy atom. The Morgan fingerprint density at radius 1 is 1.38 bits per heavy atom. The van der Waals surface area contributed by atoms with Crippen molar-refractivity contribution in [3.63, 3.8) is 0 Å². The van der Waals surface area contributed by atoms with Crippen LogP contribution in [0.25, 0.3) is 0 Å². The summed E-state index contributed by atoms with van der Waals surface area (Å²) >= 11 is 0. The predicted octanol–water partition coefficient (Wildman–Crippen LogP) is 1.91. The third kappa shape index (κ3) is 2.28. The second-order valence-electron chi connectivity index (χ2n) is 3.43. The minimum atomic E-state index is -0.122. The van der Waals surface area contributed by atoms with E-state index in [1.807, 2.05) is 12.1 Å². The molecule has 0 aliphatic heterocycles. The first-order chi connectivity index (χ1) is 7.77. The van der Waals surface area contributed by atoms with E-state index in [2.05, 4.69) is 10.3 Å². The van der Waals surface area contributed by atoms with E-state index >= 15 is 0 Å². The van der Waals surface area contributed by atoms with E-state index in [-0.39, 0.29) is 5.91 Å². The molecule has 0 saturated carbocycles. The maximum Gasteiger partial charge on any atom is 0.255 e. The van der Waals surface area contributed by atoms with Crippen LogP contribution in [0.4, 0.5) is 0 Å². The second-order valence-corrected chi connectivity index (χ2v) is 3.43. The molecule has 0 saturated heterocycles. The van der Waals surface area contributed by atoms with Gasteiger partial charge in [-0.2, -0.15) is 0 Å². The lowest BCUT2D eigenvalue weighted by Gasteiger charge is -2.03. The summed E-state index contributed by atoms with van der Waals surface area (Å²) < 4.78 is 5.07. The van der Waals surface area contributed by atoms with Gasteiger partial charge in [0.15, 0.2) is 0 Å². The molecule has 1 N–H and O–H groups in total. The maximum absolute atomic E-state index is 11.7. The average molecular weight is 216 g/mol. The monoisotopic (exact) mass is 216 g/mol. The summed E-state index contributed by atoms with van der Waals surface area (Å²) in [6.45, 7) is 2.26. The molecule has 0 aromatic carbocycles. The number of amides is 1. The first kappa shape index (κ1) is 10.4. The normalized spacial score (nSPS) is 10.1. The summed E-state index contributed by atoms with van der Waals surface area (Å²) in [5.41, 5.74) is 1.60. The topological polar surface area (TPSA) is 55.1 Å². The molecule has 0 spiro atoms. The Bertz CT molecular complexity index is 477. The smallest absolute Gasteiger partial charge is 0.255 e. The van der Waals surface area contributed by atoms with Crippen LogP contribution in [0.1, 0.15) is 21.7 Å². The number of pyridine rings is 1. The number of carbonyl (C=O) groups is 1. The molecule has 0 atom stereocenters. The standard InChI is InChI=1S/C12H12N2O2/c1-9-11(4-7-16-9)12(15)14-8-10-2-5-13-6-3-10/h2-7H,8H2,1H3,(H,14,15). The number of furan rings is 1. The summed E-state index contributed by atoms with van der Waals surface area (Å²) in [5, 5.41) is 2.82. The van der Waals surface area contributed by atoms with Crippen molar-refractivity contribution >= 4 is 5.91 Å². The van der Waals surface area contributed by atoms with Crippen LogP contribution in [0.2, 0.25) is 0 Å². The molecule has 2 aromatic rings. The lowest BCUT2D eigenvalue weighted by molar-refractivity contribution is 0.0949. The molecule has 2 aromatic heterocycles. The van der Waals surface area contributed by atoms with Crippen LogP contribution in [-0.4, -0.2) is 10.9 Å². The van der Waals surface area contributed by atoms with E-state index in [0.29, 0.717) is 17.9 Å². The lowest BCUT2D eigenvalue weighted by Crippen LogP contribution is -2.22. The van der Waals surface area contributed by atoms with Crippen molar-refractivity contribution in [1.82, 2.24) is 10.3 Å². The van der Waals surface area contributed by atoms with Crippen molar-refractivity contribution in [2.24, 2.45) is 0 Å². The molecule has 0 bridgehead atoms. The highest BCUT2D eigenvalue weighted by molar-refractivity contribution is 5.94. The molecule has 1 amide bonds. The lowest BCUT2D eigenvalue weighted by atomic mass is 10.2. The molecule has 0 radical (unpaired) electrons. The van der Waals surface area contributed by atoms with Crippen LogP contribution >= 0.6 is 0 Å². The Hall–Kier alpha value is -2.10. The minimum Gasteiger partial charge on any atom is -0.469 e. The van der Waals surface area contributed by atoms with Gasteiger partial charge in [0.05, 0.1) is 11.8 Å². The van der Waals surface area contributed by atoms with Gasteiger partial charge in [0.1, 0.15) is 5.76 Å². The van der Waals surface area contributed by atoms with Crippen LogP contribution < -0.4 is 5.32 Å². The van der Waals surface area contributed by atoms with Crippen LogP contribution in [-0.2, 0) is 6.54 Å². The summed E-state index contributed by atoms with van der Waals surface area (Å²) in [6.07, 6.45) is 4.91. The number of nitrogens with zero attached hydrogens (tertiary/aromatic N) is 1. The summed E-state index contributed by atoms with van der Waals surface area (Å²) in [7, 11) is 0. The molecular weight excluding hydrogens is 204 g/mol. The minimum absolute atomic E-state index is 0.122. The summed E-state index contributed by atoms with van der Waals surface area (Å²) in [5.74, 6) is 0.510. The van der Waals surface area contributed by atoms with Gasteiger partial charge in [0, 0.05) is 18.9 Å². The van der Waals surface area contributed by atoms with Crippen LogP contribution in [0.5, 0.6) is 0 Å². The number of nitrogens with one attached hydrogen (secondary N) is 1. The molecule has 0 fully saturated rings. The van der Waals surface area contributed by atoms with E-state index in [9.17, 15) is 4.79 Å². The molecule has 0 aliphatic carbocycles. The zero-order chi connectivity index (χ0) is 11.4. The number of carbonyl (C=O) groups excluding carboxylic acids is 1. The Labute approximate surface area is 93.3 Å². The molecule has 2 heterocycles.